The number of anilines is 1. The van der Waals surface area contributed by atoms with E-state index in [1.807, 2.05) is 0 Å². The lowest BCUT2D eigenvalue weighted by Gasteiger charge is -2.10. The third-order valence-electron chi connectivity index (χ3n) is 2.55. The fourth-order valence-corrected chi connectivity index (χ4v) is 1.71. The van der Waals surface area contributed by atoms with E-state index in [2.05, 4.69) is 17.2 Å². The molecule has 0 unspecified atom stereocenters. The molecule has 0 saturated carbocycles. The summed E-state index contributed by atoms with van der Waals surface area (Å²) in [7, 11) is 0. The number of nitrogens with two attached hydrogens (primary N) is 1. The number of aromatic hydroxyl groups is 1. The molecule has 0 heterocycles. The second-order valence-corrected chi connectivity index (χ2v) is 4.14. The van der Waals surface area contributed by atoms with Crippen LogP contribution in [-0.4, -0.2) is 16.1 Å². The Morgan fingerprint density at radius 2 is 2.21 bits per heavy atom. The van der Waals surface area contributed by atoms with Crippen molar-refractivity contribution in [3.8, 4) is 5.75 Å². The average Bonchev–Trinajstić information content (AvgIpc) is 2.42. The van der Waals surface area contributed by atoms with Gasteiger partial charge >= 0.3 is 5.97 Å². The van der Waals surface area contributed by atoms with Gasteiger partial charge in [0, 0.05) is 17.7 Å². The van der Waals surface area contributed by atoms with E-state index in [-0.39, 0.29) is 11.3 Å². The van der Waals surface area contributed by atoms with Gasteiger partial charge in [0.25, 0.3) is 0 Å². The quantitative estimate of drug-likeness (QED) is 0.375. The van der Waals surface area contributed by atoms with E-state index >= 15 is 0 Å². The number of nitrogen functional groups attached to an aromatic ring is 1. The van der Waals surface area contributed by atoms with Gasteiger partial charge in [-0.25, -0.2) is 4.79 Å². The van der Waals surface area contributed by atoms with Crippen LogP contribution >= 0.6 is 12.2 Å². The summed E-state index contributed by atoms with van der Waals surface area (Å²) in [5.74, 6) is -0.421. The van der Waals surface area contributed by atoms with Gasteiger partial charge in [-0.1, -0.05) is 0 Å². The maximum atomic E-state index is 11.9. The molecule has 0 radical (unpaired) electrons. The number of rotatable bonds is 2. The van der Waals surface area contributed by atoms with E-state index in [9.17, 15) is 9.90 Å². The van der Waals surface area contributed by atoms with Crippen LogP contribution < -0.4 is 5.73 Å². The molecule has 5 heteroatoms. The number of hydrogen-bond donors (Lipinski definition) is 2. The smallest absolute Gasteiger partial charge is 0.347 e. The Kier molecular flexibility index (Phi) is 3.80. The molecule has 0 aromatic heterocycles. The van der Waals surface area contributed by atoms with Crippen molar-refractivity contribution in [2.75, 3.05) is 5.73 Å². The highest BCUT2D eigenvalue weighted by Crippen LogP contribution is 2.23. The lowest BCUT2D eigenvalue weighted by atomic mass is 10.1. The standard InChI is InChI=1S/C14H11NO3S/c15-10-3-6-13(16)12(7-10)14(17)18-11-4-1-9(8-19)2-5-11/h1,3-7,16H,2,15H2. The molecular formula is C14H11NO3S. The van der Waals surface area contributed by atoms with Crippen molar-refractivity contribution in [2.24, 2.45) is 0 Å². The highest BCUT2D eigenvalue weighted by atomic mass is 32.1. The van der Waals surface area contributed by atoms with Gasteiger partial charge in [-0.2, -0.15) is 0 Å². The Bertz CT molecular complexity index is 640. The Hall–Kier alpha value is -2.36. The minimum atomic E-state index is -0.657. The molecule has 2 rings (SSSR count). The highest BCUT2D eigenvalue weighted by molar-refractivity contribution is 7.78. The molecule has 0 bridgehead atoms. The van der Waals surface area contributed by atoms with Gasteiger partial charge in [0.15, 0.2) is 0 Å². The number of carbonyl (C=O) groups is 1. The van der Waals surface area contributed by atoms with E-state index in [1.165, 1.54) is 18.2 Å². The molecule has 1 aromatic rings. The predicted octanol–water partition coefficient (Wildman–Crippen LogP) is 2.50. The van der Waals surface area contributed by atoms with Crippen LogP contribution in [0.15, 0.2) is 47.8 Å². The average molecular weight is 273 g/mol. The monoisotopic (exact) mass is 273 g/mol. The van der Waals surface area contributed by atoms with Crippen molar-refractivity contribution >= 4 is 28.9 Å². The SMILES string of the molecule is Nc1ccc(O)c(C(=O)OC2=CCC(=C=S)C=C2)c1. The van der Waals surface area contributed by atoms with Crippen LogP contribution in [0.1, 0.15) is 16.8 Å². The number of phenols is 1. The largest absolute Gasteiger partial charge is 0.507 e. The molecule has 3 N–H and O–H groups in total. The van der Waals surface area contributed by atoms with Gasteiger partial charge in [-0.3, -0.25) is 0 Å². The fraction of sp³-hybridized carbons (Fsp3) is 0.0714. The third-order valence-corrected chi connectivity index (χ3v) is 2.82. The summed E-state index contributed by atoms with van der Waals surface area (Å²) < 4.78 is 5.15. The van der Waals surface area contributed by atoms with Gasteiger partial charge in [0.05, 0.1) is 0 Å². The zero-order valence-corrected chi connectivity index (χ0v) is 10.7. The number of esters is 1. The summed E-state index contributed by atoms with van der Waals surface area (Å²) in [5, 5.41) is 12.2. The molecule has 0 saturated heterocycles. The molecule has 19 heavy (non-hydrogen) atoms. The number of thiocarbonyl (C=S) groups is 1. The first kappa shape index (κ1) is 13.1. The molecular weight excluding hydrogens is 262 g/mol. The molecule has 0 atom stereocenters. The summed E-state index contributed by atoms with van der Waals surface area (Å²) in [5.41, 5.74) is 6.82. The van der Waals surface area contributed by atoms with E-state index in [1.54, 1.807) is 18.2 Å². The lowest BCUT2D eigenvalue weighted by molar-refractivity contribution is 0.0632. The van der Waals surface area contributed by atoms with Crippen LogP contribution in [0.5, 0.6) is 5.75 Å². The van der Waals surface area contributed by atoms with E-state index in [0.717, 1.165) is 5.57 Å². The summed E-state index contributed by atoms with van der Waals surface area (Å²) in [6.07, 6.45) is 5.63. The maximum Gasteiger partial charge on any atom is 0.347 e. The Balaban J connectivity index is 2.14. The van der Waals surface area contributed by atoms with Crippen LogP contribution in [0.2, 0.25) is 0 Å². The number of hydrogen-bond acceptors (Lipinski definition) is 5. The Morgan fingerprint density at radius 1 is 1.42 bits per heavy atom. The summed E-state index contributed by atoms with van der Waals surface area (Å²) in [4.78, 5) is 11.9. The van der Waals surface area contributed by atoms with Crippen LogP contribution in [-0.2, 0) is 4.74 Å². The number of carbonyl (C=O) groups excluding carboxylic acids is 1. The summed E-state index contributed by atoms with van der Waals surface area (Å²) in [6, 6.07) is 4.22. The van der Waals surface area contributed by atoms with Gasteiger partial charge in [0.1, 0.15) is 17.1 Å². The summed E-state index contributed by atoms with van der Waals surface area (Å²) >= 11 is 4.68. The minimum absolute atomic E-state index is 0.0328. The van der Waals surface area contributed by atoms with Gasteiger partial charge < -0.3 is 15.6 Å². The van der Waals surface area contributed by atoms with Crippen molar-refractivity contribution in [1.82, 2.24) is 0 Å². The van der Waals surface area contributed by atoms with Crippen molar-refractivity contribution in [3.05, 3.63) is 53.3 Å². The minimum Gasteiger partial charge on any atom is -0.507 e. The number of phenolic OH excluding ortho intramolecular Hbond substituents is 1. The first-order chi connectivity index (χ1) is 9.10. The summed E-state index contributed by atoms with van der Waals surface area (Å²) in [6.45, 7) is 0. The molecule has 0 amide bonds. The molecule has 1 aliphatic carbocycles. The van der Waals surface area contributed by atoms with Gasteiger partial charge in [-0.15, -0.1) is 0 Å². The number of allylic oxidation sites excluding steroid dienone is 4. The molecule has 4 nitrogen and oxygen atoms in total. The first-order valence-corrected chi connectivity index (χ1v) is 5.94. The van der Waals surface area contributed by atoms with Crippen molar-refractivity contribution in [1.29, 1.82) is 0 Å². The zero-order chi connectivity index (χ0) is 13.8. The maximum absolute atomic E-state index is 11.9. The van der Waals surface area contributed by atoms with Crippen LogP contribution in [0.4, 0.5) is 5.69 Å². The topological polar surface area (TPSA) is 72.5 Å². The van der Waals surface area contributed by atoms with E-state index in [0.29, 0.717) is 17.9 Å². The second-order valence-electron chi connectivity index (χ2n) is 3.94. The lowest BCUT2D eigenvalue weighted by Crippen LogP contribution is -2.06. The molecule has 0 spiro atoms. The molecule has 0 aliphatic heterocycles. The van der Waals surface area contributed by atoms with E-state index in [4.69, 9.17) is 10.5 Å². The number of benzene rings is 1. The number of ether oxygens (including phenoxy) is 1. The third kappa shape index (κ3) is 3.10. The highest BCUT2D eigenvalue weighted by Gasteiger charge is 2.15. The first-order valence-electron chi connectivity index (χ1n) is 5.53. The molecule has 96 valence electrons. The predicted molar refractivity (Wildman–Crippen MR) is 75.9 cm³/mol. The molecule has 1 aliphatic rings. The van der Waals surface area contributed by atoms with Gasteiger partial charge in [0.2, 0.25) is 0 Å². The van der Waals surface area contributed by atoms with Crippen LogP contribution in [0.3, 0.4) is 0 Å². The molecule has 0 fully saturated rings. The van der Waals surface area contributed by atoms with Crippen LogP contribution in [0, 0.1) is 0 Å². The van der Waals surface area contributed by atoms with Crippen molar-refractivity contribution in [3.63, 3.8) is 0 Å². The van der Waals surface area contributed by atoms with E-state index < -0.39 is 5.97 Å². The second kappa shape index (κ2) is 5.52. The molecule has 1 aromatic carbocycles. The zero-order valence-electron chi connectivity index (χ0n) is 9.92. The Labute approximate surface area is 115 Å². The van der Waals surface area contributed by atoms with Crippen molar-refractivity contribution in [2.45, 2.75) is 6.42 Å². The normalized spacial score (nSPS) is 13.7. The van der Waals surface area contributed by atoms with Crippen LogP contribution in [0.25, 0.3) is 0 Å². The Morgan fingerprint density at radius 3 is 2.84 bits per heavy atom. The van der Waals surface area contributed by atoms with Crippen molar-refractivity contribution < 1.29 is 14.6 Å². The van der Waals surface area contributed by atoms with Gasteiger partial charge in [-0.05, 0) is 53.7 Å². The fourth-order valence-electron chi connectivity index (χ4n) is 1.56.